The van der Waals surface area contributed by atoms with Gasteiger partial charge in [0.15, 0.2) is 0 Å². The number of rotatable bonds is 5. The van der Waals surface area contributed by atoms with Crippen molar-refractivity contribution in [3.8, 4) is 0 Å². The maximum atomic E-state index is 12.1. The fraction of sp³-hybridized carbons (Fsp3) is 0.250. The van der Waals surface area contributed by atoms with Crippen LogP contribution in [0, 0.1) is 0 Å². The number of amides is 2. The Morgan fingerprint density at radius 1 is 1.35 bits per heavy atom. The lowest BCUT2D eigenvalue weighted by Gasteiger charge is -2.28. The highest BCUT2D eigenvalue weighted by Crippen LogP contribution is 2.34. The second kappa shape index (κ2) is 6.89. The molecule has 6 nitrogen and oxygen atoms in total. The van der Waals surface area contributed by atoms with E-state index in [0.717, 1.165) is 10.6 Å². The van der Waals surface area contributed by atoms with E-state index in [1.54, 1.807) is 12.1 Å². The van der Waals surface area contributed by atoms with Crippen LogP contribution in [0.2, 0.25) is 0 Å². The summed E-state index contributed by atoms with van der Waals surface area (Å²) in [5.41, 5.74) is 0.746. The molecule has 1 unspecified atom stereocenters. The molecule has 1 aromatic carbocycles. The van der Waals surface area contributed by atoms with Gasteiger partial charge in [0.2, 0.25) is 11.8 Å². The van der Waals surface area contributed by atoms with Gasteiger partial charge < -0.3 is 19.7 Å². The molecule has 0 saturated carbocycles. The van der Waals surface area contributed by atoms with E-state index in [1.165, 1.54) is 22.9 Å². The van der Waals surface area contributed by atoms with Crippen LogP contribution < -0.4 is 10.2 Å². The molecule has 0 bridgehead atoms. The number of benzene rings is 1. The number of nitrogens with zero attached hydrogens (tertiary/aromatic N) is 1. The van der Waals surface area contributed by atoms with E-state index < -0.39 is 6.10 Å². The molecule has 2 amide bonds. The number of fused-ring (bicyclic) bond motifs is 1. The first-order valence-corrected chi connectivity index (χ1v) is 8.14. The van der Waals surface area contributed by atoms with Gasteiger partial charge in [0, 0.05) is 4.90 Å². The van der Waals surface area contributed by atoms with Crippen LogP contribution in [-0.4, -0.2) is 35.8 Å². The summed E-state index contributed by atoms with van der Waals surface area (Å²) in [4.78, 5) is 26.6. The third-order valence-electron chi connectivity index (χ3n) is 3.47. The van der Waals surface area contributed by atoms with Crippen molar-refractivity contribution in [2.45, 2.75) is 11.0 Å². The molecule has 1 aliphatic rings. The fourth-order valence-corrected chi connectivity index (χ4v) is 3.25. The van der Waals surface area contributed by atoms with Gasteiger partial charge in [-0.3, -0.25) is 9.59 Å². The van der Waals surface area contributed by atoms with Crippen LogP contribution in [-0.2, 0) is 9.59 Å². The molecule has 3 rings (SSSR count). The first-order chi connectivity index (χ1) is 11.1. The first-order valence-electron chi connectivity index (χ1n) is 7.15. The summed E-state index contributed by atoms with van der Waals surface area (Å²) in [6, 6.07) is 10.8. The molecule has 0 spiro atoms. The van der Waals surface area contributed by atoms with Crippen molar-refractivity contribution in [3.05, 3.63) is 48.4 Å². The summed E-state index contributed by atoms with van der Waals surface area (Å²) in [5.74, 6) is 0.279. The average Bonchev–Trinajstić information content (AvgIpc) is 3.10. The zero-order valence-corrected chi connectivity index (χ0v) is 13.1. The average molecular weight is 332 g/mol. The Hall–Kier alpha value is -2.25. The van der Waals surface area contributed by atoms with Crippen molar-refractivity contribution >= 4 is 29.3 Å². The number of para-hydroxylation sites is 1. The highest BCUT2D eigenvalue weighted by Gasteiger charge is 2.26. The van der Waals surface area contributed by atoms with Gasteiger partial charge in [0.05, 0.1) is 24.2 Å². The number of carbonyl (C=O) groups is 2. The second-order valence-corrected chi connectivity index (χ2v) is 6.09. The second-order valence-electron chi connectivity index (χ2n) is 5.07. The van der Waals surface area contributed by atoms with E-state index in [0.29, 0.717) is 11.5 Å². The van der Waals surface area contributed by atoms with Crippen LogP contribution >= 0.6 is 11.8 Å². The zero-order chi connectivity index (χ0) is 16.2. The number of furan rings is 1. The molecule has 0 radical (unpaired) electrons. The Balaban J connectivity index is 1.60. The molecule has 2 heterocycles. The van der Waals surface area contributed by atoms with Crippen LogP contribution in [0.15, 0.2) is 52.0 Å². The van der Waals surface area contributed by atoms with Crippen molar-refractivity contribution < 1.29 is 19.1 Å². The number of nitrogens with one attached hydrogen (secondary N) is 1. The zero-order valence-electron chi connectivity index (χ0n) is 12.3. The SMILES string of the molecule is O=C(CN1C(=O)CSc2ccccc21)NCC(O)c1ccco1. The normalized spacial score (nSPS) is 15.2. The minimum atomic E-state index is -0.908. The van der Waals surface area contributed by atoms with Crippen LogP contribution in [0.5, 0.6) is 0 Å². The number of anilines is 1. The third kappa shape index (κ3) is 3.57. The Labute approximate surface area is 137 Å². The number of aliphatic hydroxyl groups is 1. The highest BCUT2D eigenvalue weighted by atomic mass is 32.2. The number of thioether (sulfide) groups is 1. The molecule has 0 saturated heterocycles. The molecule has 1 atom stereocenters. The summed E-state index contributed by atoms with van der Waals surface area (Å²) in [6.07, 6.45) is 0.551. The summed E-state index contributed by atoms with van der Waals surface area (Å²) in [7, 11) is 0. The maximum Gasteiger partial charge on any atom is 0.240 e. The minimum Gasteiger partial charge on any atom is -0.467 e. The van der Waals surface area contributed by atoms with Gasteiger partial charge in [-0.1, -0.05) is 12.1 Å². The van der Waals surface area contributed by atoms with Gasteiger partial charge in [0.1, 0.15) is 18.4 Å². The Morgan fingerprint density at radius 3 is 2.96 bits per heavy atom. The molecule has 120 valence electrons. The van der Waals surface area contributed by atoms with Crippen LogP contribution in [0.3, 0.4) is 0 Å². The topological polar surface area (TPSA) is 82.8 Å². The monoisotopic (exact) mass is 332 g/mol. The first kappa shape index (κ1) is 15.6. The van der Waals surface area contributed by atoms with E-state index in [1.807, 2.05) is 24.3 Å². The lowest BCUT2D eigenvalue weighted by atomic mass is 10.2. The summed E-state index contributed by atoms with van der Waals surface area (Å²) < 4.78 is 5.07. The van der Waals surface area contributed by atoms with Crippen LogP contribution in [0.1, 0.15) is 11.9 Å². The van der Waals surface area contributed by atoms with Crippen molar-refractivity contribution in [2.24, 2.45) is 0 Å². The number of aliphatic hydroxyl groups excluding tert-OH is 1. The predicted molar refractivity (Wildman–Crippen MR) is 86.2 cm³/mol. The molecular formula is C16H16N2O4S. The quantitative estimate of drug-likeness (QED) is 0.868. The maximum absolute atomic E-state index is 12.1. The van der Waals surface area contributed by atoms with Crippen LogP contribution in [0.25, 0.3) is 0 Å². The van der Waals surface area contributed by atoms with Gasteiger partial charge in [-0.2, -0.15) is 0 Å². The molecule has 0 aliphatic carbocycles. The summed E-state index contributed by atoms with van der Waals surface area (Å²) in [5, 5.41) is 12.5. The highest BCUT2D eigenvalue weighted by molar-refractivity contribution is 8.00. The van der Waals surface area contributed by atoms with Crippen LogP contribution in [0.4, 0.5) is 5.69 Å². The number of hydrogen-bond donors (Lipinski definition) is 2. The molecule has 0 fully saturated rings. The largest absolute Gasteiger partial charge is 0.467 e. The standard InChI is InChI=1S/C16H16N2O4S/c19-12(13-5-3-7-22-13)8-17-15(20)9-18-11-4-1-2-6-14(11)23-10-16(18)21/h1-7,12,19H,8-10H2,(H,17,20). The summed E-state index contributed by atoms with van der Waals surface area (Å²) >= 11 is 1.47. The Bertz CT molecular complexity index is 702. The lowest BCUT2D eigenvalue weighted by molar-refractivity contribution is -0.123. The van der Waals surface area contributed by atoms with Crippen molar-refractivity contribution in [1.29, 1.82) is 0 Å². The number of hydrogen-bond acceptors (Lipinski definition) is 5. The van der Waals surface area contributed by atoms with E-state index in [4.69, 9.17) is 4.42 Å². The molecule has 1 aromatic heterocycles. The van der Waals surface area contributed by atoms with E-state index >= 15 is 0 Å². The van der Waals surface area contributed by atoms with E-state index in [-0.39, 0.29) is 24.9 Å². The van der Waals surface area contributed by atoms with Gasteiger partial charge in [-0.25, -0.2) is 0 Å². The van der Waals surface area contributed by atoms with Crippen molar-refractivity contribution in [3.63, 3.8) is 0 Å². The smallest absolute Gasteiger partial charge is 0.240 e. The van der Waals surface area contributed by atoms with Gasteiger partial charge >= 0.3 is 0 Å². The third-order valence-corrected chi connectivity index (χ3v) is 4.52. The number of carbonyl (C=O) groups excluding carboxylic acids is 2. The van der Waals surface area contributed by atoms with Gasteiger partial charge in [0.25, 0.3) is 0 Å². The fourth-order valence-electron chi connectivity index (χ4n) is 2.32. The molecule has 2 N–H and O–H groups in total. The van der Waals surface area contributed by atoms with Crippen molar-refractivity contribution in [2.75, 3.05) is 23.7 Å². The van der Waals surface area contributed by atoms with Gasteiger partial charge in [-0.15, -0.1) is 11.8 Å². The van der Waals surface area contributed by atoms with Crippen molar-refractivity contribution in [1.82, 2.24) is 5.32 Å². The lowest BCUT2D eigenvalue weighted by Crippen LogP contribution is -2.44. The van der Waals surface area contributed by atoms with E-state index in [9.17, 15) is 14.7 Å². The molecule has 2 aromatic rings. The molecule has 23 heavy (non-hydrogen) atoms. The predicted octanol–water partition coefficient (Wildman–Crippen LogP) is 1.57. The summed E-state index contributed by atoms with van der Waals surface area (Å²) in [6.45, 7) is -0.0357. The van der Waals surface area contributed by atoms with E-state index in [2.05, 4.69) is 5.32 Å². The van der Waals surface area contributed by atoms with Gasteiger partial charge in [-0.05, 0) is 24.3 Å². The minimum absolute atomic E-state index is 0.0325. The Morgan fingerprint density at radius 2 is 2.17 bits per heavy atom. The molecule has 7 heteroatoms. The molecular weight excluding hydrogens is 316 g/mol. The Kier molecular flexibility index (Phi) is 4.68. The molecule has 1 aliphatic heterocycles.